The largest absolute Gasteiger partial charge is 0.316 e. The first kappa shape index (κ1) is 16.9. The third kappa shape index (κ3) is 6.73. The van der Waals surface area contributed by atoms with E-state index in [1.807, 2.05) is 0 Å². The van der Waals surface area contributed by atoms with E-state index in [4.69, 9.17) is 0 Å². The number of nitrogens with zero attached hydrogens (tertiary/aromatic N) is 2. The number of hydrogen-bond acceptors (Lipinski definition) is 3. The summed E-state index contributed by atoms with van der Waals surface area (Å²) in [4.78, 5) is 5.04. The minimum atomic E-state index is 0.347. The Balaban J connectivity index is 2.34. The smallest absolute Gasteiger partial charge is 0.0220 e. The van der Waals surface area contributed by atoms with Gasteiger partial charge < -0.3 is 15.1 Å². The molecule has 0 amide bonds. The Morgan fingerprint density at radius 2 is 2.05 bits per heavy atom. The molecule has 1 unspecified atom stereocenters. The van der Waals surface area contributed by atoms with Crippen LogP contribution < -0.4 is 5.32 Å². The Bertz CT molecular complexity index is 250. The lowest BCUT2D eigenvalue weighted by Gasteiger charge is -2.39. The maximum absolute atomic E-state index is 3.61. The molecule has 19 heavy (non-hydrogen) atoms. The lowest BCUT2D eigenvalue weighted by Crippen LogP contribution is -2.49. The van der Waals surface area contributed by atoms with Crippen LogP contribution in [-0.4, -0.2) is 62.7 Å². The standard InChI is InChI=1S/C16H35N3/c1-14(2)10-17-12-16(3,4)13-19(6)15-8-7-9-18(5)11-15/h14-15,17H,7-13H2,1-6H3. The van der Waals surface area contributed by atoms with Gasteiger partial charge in [0, 0.05) is 25.7 Å². The molecule has 114 valence electrons. The fraction of sp³-hybridized carbons (Fsp3) is 1.00. The second kappa shape index (κ2) is 7.61. The molecule has 0 spiro atoms. The van der Waals surface area contributed by atoms with E-state index in [2.05, 4.69) is 56.9 Å². The maximum atomic E-state index is 3.61. The second-order valence-corrected chi connectivity index (χ2v) is 7.66. The Morgan fingerprint density at radius 1 is 1.37 bits per heavy atom. The van der Waals surface area contributed by atoms with Gasteiger partial charge in [0.25, 0.3) is 0 Å². The summed E-state index contributed by atoms with van der Waals surface area (Å²) < 4.78 is 0. The third-order valence-electron chi connectivity index (χ3n) is 4.06. The Morgan fingerprint density at radius 3 is 2.63 bits per heavy atom. The van der Waals surface area contributed by atoms with Crippen LogP contribution in [0.2, 0.25) is 0 Å². The molecule has 0 aromatic carbocycles. The number of piperidine rings is 1. The van der Waals surface area contributed by atoms with Gasteiger partial charge in [0.2, 0.25) is 0 Å². The Labute approximate surface area is 120 Å². The fourth-order valence-electron chi connectivity index (χ4n) is 3.06. The molecule has 1 atom stereocenters. The van der Waals surface area contributed by atoms with E-state index in [9.17, 15) is 0 Å². The van der Waals surface area contributed by atoms with Crippen molar-refractivity contribution in [3.63, 3.8) is 0 Å². The van der Waals surface area contributed by atoms with Crippen LogP contribution in [0.15, 0.2) is 0 Å². The molecule has 3 heteroatoms. The molecule has 1 saturated heterocycles. The molecule has 0 saturated carbocycles. The lowest BCUT2D eigenvalue weighted by molar-refractivity contribution is 0.0984. The Kier molecular flexibility index (Phi) is 6.78. The van der Waals surface area contributed by atoms with Crippen molar-refractivity contribution < 1.29 is 0 Å². The molecule has 0 radical (unpaired) electrons. The van der Waals surface area contributed by atoms with E-state index < -0.39 is 0 Å². The lowest BCUT2D eigenvalue weighted by atomic mass is 9.91. The first-order valence-electron chi connectivity index (χ1n) is 7.89. The zero-order valence-electron chi connectivity index (χ0n) is 14.0. The molecule has 1 aliphatic heterocycles. The highest BCUT2D eigenvalue weighted by molar-refractivity contribution is 4.82. The van der Waals surface area contributed by atoms with Crippen LogP contribution in [0.25, 0.3) is 0 Å². The van der Waals surface area contributed by atoms with Gasteiger partial charge in [0.1, 0.15) is 0 Å². The SMILES string of the molecule is CC(C)CNCC(C)(C)CN(C)C1CCCN(C)C1. The van der Waals surface area contributed by atoms with Gasteiger partial charge in [0.15, 0.2) is 0 Å². The Hall–Kier alpha value is -0.120. The van der Waals surface area contributed by atoms with Crippen molar-refractivity contribution in [1.29, 1.82) is 0 Å². The quantitative estimate of drug-likeness (QED) is 0.765. The van der Waals surface area contributed by atoms with E-state index in [-0.39, 0.29) is 0 Å². The normalized spacial score (nSPS) is 22.4. The van der Waals surface area contributed by atoms with E-state index in [0.717, 1.165) is 25.0 Å². The van der Waals surface area contributed by atoms with Crippen LogP contribution in [0.3, 0.4) is 0 Å². The summed E-state index contributed by atoms with van der Waals surface area (Å²) in [5.74, 6) is 0.737. The summed E-state index contributed by atoms with van der Waals surface area (Å²) in [6.07, 6.45) is 2.70. The summed E-state index contributed by atoms with van der Waals surface area (Å²) in [6.45, 7) is 15.2. The highest BCUT2D eigenvalue weighted by Crippen LogP contribution is 2.20. The van der Waals surface area contributed by atoms with Gasteiger partial charge in [-0.25, -0.2) is 0 Å². The van der Waals surface area contributed by atoms with Gasteiger partial charge in [-0.15, -0.1) is 0 Å². The van der Waals surface area contributed by atoms with Crippen molar-refractivity contribution in [1.82, 2.24) is 15.1 Å². The minimum Gasteiger partial charge on any atom is -0.316 e. The average molecular weight is 269 g/mol. The minimum absolute atomic E-state index is 0.347. The molecule has 1 fully saturated rings. The molecule has 0 aromatic rings. The van der Waals surface area contributed by atoms with Gasteiger partial charge in [-0.2, -0.15) is 0 Å². The third-order valence-corrected chi connectivity index (χ3v) is 4.06. The molecule has 0 bridgehead atoms. The van der Waals surface area contributed by atoms with Gasteiger partial charge in [-0.3, -0.25) is 0 Å². The molecule has 0 aliphatic carbocycles. The summed E-state index contributed by atoms with van der Waals surface area (Å²) in [7, 11) is 4.54. The van der Waals surface area contributed by atoms with Gasteiger partial charge in [0.05, 0.1) is 0 Å². The molecule has 1 N–H and O–H groups in total. The van der Waals surface area contributed by atoms with E-state index in [0.29, 0.717) is 5.41 Å². The molecular formula is C16H35N3. The first-order chi connectivity index (χ1) is 8.80. The van der Waals surface area contributed by atoms with Crippen LogP contribution in [0.4, 0.5) is 0 Å². The maximum Gasteiger partial charge on any atom is 0.0220 e. The highest BCUT2D eigenvalue weighted by Gasteiger charge is 2.26. The molecule has 1 heterocycles. The zero-order chi connectivity index (χ0) is 14.5. The van der Waals surface area contributed by atoms with Crippen molar-refractivity contribution in [3.8, 4) is 0 Å². The van der Waals surface area contributed by atoms with E-state index in [1.54, 1.807) is 0 Å². The number of rotatable bonds is 7. The summed E-state index contributed by atoms with van der Waals surface area (Å²) in [6, 6.07) is 0.739. The molecular weight excluding hydrogens is 234 g/mol. The number of likely N-dealkylation sites (N-methyl/N-ethyl adjacent to an activating group) is 2. The molecule has 1 aliphatic rings. The number of hydrogen-bond donors (Lipinski definition) is 1. The van der Waals surface area contributed by atoms with Crippen molar-refractivity contribution in [3.05, 3.63) is 0 Å². The van der Waals surface area contributed by atoms with Gasteiger partial charge in [-0.05, 0) is 51.4 Å². The fourth-order valence-corrected chi connectivity index (χ4v) is 3.06. The monoisotopic (exact) mass is 269 g/mol. The van der Waals surface area contributed by atoms with E-state index in [1.165, 1.54) is 32.5 Å². The predicted octanol–water partition coefficient (Wildman–Crippen LogP) is 2.28. The van der Waals surface area contributed by atoms with Crippen LogP contribution in [0.1, 0.15) is 40.5 Å². The zero-order valence-corrected chi connectivity index (χ0v) is 14.0. The predicted molar refractivity (Wildman–Crippen MR) is 84.6 cm³/mol. The van der Waals surface area contributed by atoms with Crippen molar-refractivity contribution in [2.45, 2.75) is 46.6 Å². The molecule has 1 rings (SSSR count). The van der Waals surface area contributed by atoms with Crippen molar-refractivity contribution >= 4 is 0 Å². The second-order valence-electron chi connectivity index (χ2n) is 7.66. The average Bonchev–Trinajstić information content (AvgIpc) is 2.27. The van der Waals surface area contributed by atoms with Crippen LogP contribution in [0.5, 0.6) is 0 Å². The highest BCUT2D eigenvalue weighted by atomic mass is 15.2. The molecule has 3 nitrogen and oxygen atoms in total. The van der Waals surface area contributed by atoms with Crippen LogP contribution in [0, 0.1) is 11.3 Å². The summed E-state index contributed by atoms with van der Waals surface area (Å²) in [5.41, 5.74) is 0.347. The number of likely N-dealkylation sites (tertiary alicyclic amines) is 1. The van der Waals surface area contributed by atoms with Gasteiger partial charge >= 0.3 is 0 Å². The van der Waals surface area contributed by atoms with Crippen molar-refractivity contribution in [2.24, 2.45) is 11.3 Å². The van der Waals surface area contributed by atoms with Crippen LogP contribution >= 0.6 is 0 Å². The van der Waals surface area contributed by atoms with E-state index >= 15 is 0 Å². The topological polar surface area (TPSA) is 18.5 Å². The van der Waals surface area contributed by atoms with Gasteiger partial charge in [-0.1, -0.05) is 27.7 Å². The summed E-state index contributed by atoms with van der Waals surface area (Å²) in [5, 5.41) is 3.61. The van der Waals surface area contributed by atoms with Crippen LogP contribution in [-0.2, 0) is 0 Å². The van der Waals surface area contributed by atoms with Crippen molar-refractivity contribution in [2.75, 3.05) is 46.8 Å². The number of nitrogens with one attached hydrogen (secondary N) is 1. The summed E-state index contributed by atoms with van der Waals surface area (Å²) >= 11 is 0. The first-order valence-corrected chi connectivity index (χ1v) is 7.89. The molecule has 0 aromatic heterocycles.